The van der Waals surface area contributed by atoms with Crippen LogP contribution in [0.5, 0.6) is 5.88 Å². The fourth-order valence-corrected chi connectivity index (χ4v) is 3.94. The molecule has 0 spiro atoms. The third kappa shape index (κ3) is 5.54. The number of nitriles is 1. The Morgan fingerprint density at radius 2 is 2.21 bits per heavy atom. The number of ether oxygens (including phenoxy) is 1. The molecule has 0 amide bonds. The molecule has 3 N–H and O–H groups in total. The zero-order valence-electron chi connectivity index (χ0n) is 19.6. The van der Waals surface area contributed by atoms with E-state index < -0.39 is 11.6 Å². The molecule has 1 atom stereocenters. The minimum Gasteiger partial charge on any atom is -0.481 e. The maximum atomic E-state index is 15.4. The monoisotopic (exact) mass is 465 g/mol. The van der Waals surface area contributed by atoms with Crippen LogP contribution in [0.1, 0.15) is 49.3 Å². The van der Waals surface area contributed by atoms with Gasteiger partial charge < -0.3 is 20.7 Å². The number of rotatable bonds is 8. The zero-order chi connectivity index (χ0) is 24.7. The average molecular weight is 466 g/mol. The summed E-state index contributed by atoms with van der Waals surface area (Å²) in [6, 6.07) is 6.31. The van der Waals surface area contributed by atoms with Crippen molar-refractivity contribution in [1.29, 1.82) is 5.26 Å². The largest absolute Gasteiger partial charge is 0.481 e. The van der Waals surface area contributed by atoms with Gasteiger partial charge in [-0.3, -0.25) is 0 Å². The Morgan fingerprint density at radius 3 is 2.85 bits per heavy atom. The van der Waals surface area contributed by atoms with Crippen molar-refractivity contribution >= 4 is 5.69 Å². The summed E-state index contributed by atoms with van der Waals surface area (Å²) in [5.74, 6) is -1.15. The number of halogens is 2. The number of benzene rings is 1. The first kappa shape index (κ1) is 24.8. The number of hydrogen-bond acceptors (Lipinski definition) is 6. The smallest absolute Gasteiger partial charge is 0.218 e. The summed E-state index contributed by atoms with van der Waals surface area (Å²) in [6.45, 7) is 8.51. The number of pyridine rings is 1. The molecule has 3 rings (SSSR count). The molecule has 6 nitrogen and oxygen atoms in total. The van der Waals surface area contributed by atoms with Crippen LogP contribution >= 0.6 is 0 Å². The number of nitrogens with one attached hydrogen (secondary N) is 3. The van der Waals surface area contributed by atoms with Crippen molar-refractivity contribution in [1.82, 2.24) is 15.6 Å². The molecule has 1 fully saturated rings. The highest BCUT2D eigenvalue weighted by Crippen LogP contribution is 2.34. The van der Waals surface area contributed by atoms with E-state index in [0.717, 1.165) is 17.0 Å². The number of methoxy groups -OCH3 is 1. The second-order valence-electron chi connectivity index (χ2n) is 8.02. The van der Waals surface area contributed by atoms with Gasteiger partial charge in [0.15, 0.2) is 5.82 Å². The van der Waals surface area contributed by atoms with Crippen molar-refractivity contribution in [2.45, 2.75) is 39.2 Å². The van der Waals surface area contributed by atoms with E-state index in [2.05, 4.69) is 27.5 Å². The molecule has 0 saturated carbocycles. The van der Waals surface area contributed by atoms with Crippen LogP contribution in [0.4, 0.5) is 14.5 Å². The van der Waals surface area contributed by atoms with Crippen LogP contribution < -0.4 is 20.7 Å². The molecule has 1 aliphatic heterocycles. The number of piperidine rings is 1. The van der Waals surface area contributed by atoms with Gasteiger partial charge in [0.2, 0.25) is 5.88 Å². The molecule has 0 bridgehead atoms. The molecular weight excluding hydrogens is 436 g/mol. The van der Waals surface area contributed by atoms with Crippen molar-refractivity contribution < 1.29 is 13.5 Å². The molecular formula is C26H29F2N5O. The van der Waals surface area contributed by atoms with Gasteiger partial charge in [-0.15, -0.1) is 0 Å². The number of hydrogen-bond donors (Lipinski definition) is 3. The Bertz CT molecular complexity index is 1160. The number of aromatic nitrogens is 1. The van der Waals surface area contributed by atoms with E-state index in [1.165, 1.54) is 25.4 Å². The summed E-state index contributed by atoms with van der Waals surface area (Å²) >= 11 is 0. The van der Waals surface area contributed by atoms with Crippen molar-refractivity contribution in [3.05, 3.63) is 88.5 Å². The molecule has 1 aromatic heterocycles. The molecule has 1 aliphatic rings. The second-order valence-corrected chi connectivity index (χ2v) is 8.02. The lowest BCUT2D eigenvalue weighted by atomic mass is 9.88. The summed E-state index contributed by atoms with van der Waals surface area (Å²) in [6.07, 6.45) is 6.37. The Kier molecular flexibility index (Phi) is 8.25. The molecule has 1 saturated heterocycles. The van der Waals surface area contributed by atoms with Gasteiger partial charge in [-0.05, 0) is 56.7 Å². The first-order chi connectivity index (χ1) is 16.4. The Morgan fingerprint density at radius 1 is 1.41 bits per heavy atom. The second kappa shape index (κ2) is 11.3. The summed E-state index contributed by atoms with van der Waals surface area (Å²) in [5.41, 5.74) is 4.02. The van der Waals surface area contributed by atoms with Gasteiger partial charge >= 0.3 is 0 Å². The fourth-order valence-electron chi connectivity index (χ4n) is 3.94. The molecule has 0 aliphatic carbocycles. The van der Waals surface area contributed by atoms with Crippen molar-refractivity contribution in [3.63, 3.8) is 0 Å². The van der Waals surface area contributed by atoms with Gasteiger partial charge in [0, 0.05) is 47.7 Å². The van der Waals surface area contributed by atoms with Crippen LogP contribution in [0, 0.1) is 23.0 Å². The molecule has 1 unspecified atom stereocenters. The van der Waals surface area contributed by atoms with Crippen molar-refractivity contribution in [2.75, 3.05) is 19.0 Å². The SMILES string of the molecule is C=C(N/C=C\C)/C(C)=C1\CCC(c2c(F)ccc(NCc3cc(C#N)cnc3OC)c2F)CN1. The predicted molar refractivity (Wildman–Crippen MR) is 129 cm³/mol. The summed E-state index contributed by atoms with van der Waals surface area (Å²) in [7, 11) is 1.47. The summed E-state index contributed by atoms with van der Waals surface area (Å²) in [4.78, 5) is 4.09. The lowest BCUT2D eigenvalue weighted by molar-refractivity contribution is 0.393. The summed E-state index contributed by atoms with van der Waals surface area (Å²) < 4.78 is 35.3. The highest BCUT2D eigenvalue weighted by molar-refractivity contribution is 5.51. The molecule has 178 valence electrons. The van der Waals surface area contributed by atoms with Crippen LogP contribution in [-0.4, -0.2) is 18.6 Å². The first-order valence-electron chi connectivity index (χ1n) is 11.0. The van der Waals surface area contributed by atoms with E-state index in [9.17, 15) is 4.39 Å². The molecule has 0 radical (unpaired) electrons. The van der Waals surface area contributed by atoms with Crippen LogP contribution in [0.25, 0.3) is 0 Å². The maximum absolute atomic E-state index is 15.4. The van der Waals surface area contributed by atoms with Crippen LogP contribution in [0.15, 0.2) is 60.2 Å². The quantitative estimate of drug-likeness (QED) is 0.495. The van der Waals surface area contributed by atoms with Crippen LogP contribution in [0.2, 0.25) is 0 Å². The Labute approximate surface area is 199 Å². The van der Waals surface area contributed by atoms with Gasteiger partial charge in [0.1, 0.15) is 11.9 Å². The normalized spacial score (nSPS) is 17.0. The molecule has 8 heteroatoms. The van der Waals surface area contributed by atoms with E-state index in [1.807, 2.05) is 32.2 Å². The highest BCUT2D eigenvalue weighted by atomic mass is 19.1. The average Bonchev–Trinajstić information content (AvgIpc) is 2.86. The lowest BCUT2D eigenvalue weighted by Gasteiger charge is -2.29. The van der Waals surface area contributed by atoms with E-state index in [1.54, 1.807) is 6.07 Å². The van der Waals surface area contributed by atoms with Crippen LogP contribution in [0.3, 0.4) is 0 Å². The fraction of sp³-hybridized carbons (Fsp3) is 0.308. The van der Waals surface area contributed by atoms with Crippen molar-refractivity contribution in [2.24, 2.45) is 0 Å². The van der Waals surface area contributed by atoms with Crippen LogP contribution in [-0.2, 0) is 6.54 Å². The van der Waals surface area contributed by atoms with E-state index in [0.29, 0.717) is 36.4 Å². The third-order valence-corrected chi connectivity index (χ3v) is 5.89. The number of nitrogens with zero attached hydrogens (tertiary/aromatic N) is 2. The van der Waals surface area contributed by atoms with Gasteiger partial charge in [-0.25, -0.2) is 13.8 Å². The maximum Gasteiger partial charge on any atom is 0.218 e. The lowest BCUT2D eigenvalue weighted by Crippen LogP contribution is -2.29. The van der Waals surface area contributed by atoms with E-state index in [4.69, 9.17) is 10.00 Å². The van der Waals surface area contributed by atoms with Gasteiger partial charge in [-0.1, -0.05) is 12.7 Å². The Balaban J connectivity index is 1.76. The summed E-state index contributed by atoms with van der Waals surface area (Å²) in [5, 5.41) is 18.5. The van der Waals surface area contributed by atoms with Crippen molar-refractivity contribution in [3.8, 4) is 11.9 Å². The molecule has 34 heavy (non-hydrogen) atoms. The molecule has 1 aromatic carbocycles. The standard InChI is InChI=1S/C26H29F2N5O/c1-5-10-30-17(3)16(2)22-8-6-19(14-31-22)24-21(27)7-9-23(25(24)28)32-15-20-11-18(12-29)13-33-26(20)34-4/h5,7,9-11,13,19,30-32H,3,6,8,14-15H2,1-2,4H3/b10-5-,22-16+. The third-order valence-electron chi connectivity index (χ3n) is 5.89. The minimum absolute atomic E-state index is 0.0657. The number of allylic oxidation sites excluding steroid dienone is 3. The molecule has 2 aromatic rings. The zero-order valence-corrected chi connectivity index (χ0v) is 19.6. The topological polar surface area (TPSA) is 82.0 Å². The van der Waals surface area contributed by atoms with Gasteiger partial charge in [0.25, 0.3) is 0 Å². The van der Waals surface area contributed by atoms with E-state index >= 15 is 4.39 Å². The molecule has 2 heterocycles. The van der Waals surface area contributed by atoms with E-state index in [-0.39, 0.29) is 23.7 Å². The highest BCUT2D eigenvalue weighted by Gasteiger charge is 2.26. The first-order valence-corrected chi connectivity index (χ1v) is 11.0. The van der Waals surface area contributed by atoms with Gasteiger partial charge in [0.05, 0.1) is 18.4 Å². The number of anilines is 1. The predicted octanol–water partition coefficient (Wildman–Crippen LogP) is 5.23. The Hall–Kier alpha value is -3.86. The van der Waals surface area contributed by atoms with Gasteiger partial charge in [-0.2, -0.15) is 5.26 Å². The minimum atomic E-state index is -0.613.